The summed E-state index contributed by atoms with van der Waals surface area (Å²) < 4.78 is 7.26. The summed E-state index contributed by atoms with van der Waals surface area (Å²) in [5, 5.41) is 0. The average Bonchev–Trinajstić information content (AvgIpc) is 3.47. The number of hydrogen-bond donors (Lipinski definition) is 0. The normalized spacial score (nSPS) is 16.4. The topological polar surface area (TPSA) is 64.4 Å². The van der Waals surface area contributed by atoms with Crippen molar-refractivity contribution >= 4 is 5.91 Å². The molecule has 1 amide bonds. The van der Waals surface area contributed by atoms with Crippen molar-refractivity contribution in [3.63, 3.8) is 0 Å². The summed E-state index contributed by atoms with van der Waals surface area (Å²) >= 11 is 0. The van der Waals surface area contributed by atoms with Gasteiger partial charge in [0.1, 0.15) is 6.54 Å². The van der Waals surface area contributed by atoms with Gasteiger partial charge in [-0.3, -0.25) is 14.6 Å². The van der Waals surface area contributed by atoms with Crippen molar-refractivity contribution < 1.29 is 9.53 Å². The average molecular weight is 353 g/mol. The van der Waals surface area contributed by atoms with Gasteiger partial charge in [0.15, 0.2) is 0 Å². The highest BCUT2D eigenvalue weighted by atomic mass is 16.5. The van der Waals surface area contributed by atoms with E-state index in [4.69, 9.17) is 4.74 Å². The maximum absolute atomic E-state index is 12.6. The van der Waals surface area contributed by atoms with E-state index in [2.05, 4.69) is 4.98 Å². The summed E-state index contributed by atoms with van der Waals surface area (Å²) in [5.74, 6) is 0.705. The summed E-state index contributed by atoms with van der Waals surface area (Å²) in [7, 11) is 0. The molecule has 4 rings (SSSR count). The lowest BCUT2D eigenvalue weighted by Crippen LogP contribution is -2.39. The largest absolute Gasteiger partial charge is 0.376 e. The van der Waals surface area contributed by atoms with Gasteiger partial charge < -0.3 is 14.2 Å². The van der Waals surface area contributed by atoms with E-state index >= 15 is 0 Å². The smallest absolute Gasteiger partial charge is 0.250 e. The maximum atomic E-state index is 12.6. The molecule has 0 N–H and O–H groups in total. The fourth-order valence-corrected chi connectivity index (χ4v) is 3.36. The summed E-state index contributed by atoms with van der Waals surface area (Å²) in [6.07, 6.45) is 8.74. The van der Waals surface area contributed by atoms with Crippen molar-refractivity contribution in [3.05, 3.63) is 63.8 Å². The van der Waals surface area contributed by atoms with Crippen LogP contribution in [0, 0.1) is 5.92 Å². The molecule has 0 unspecified atom stereocenters. The SMILES string of the molecule is O=C(Cn1ccccc1=O)N1CCc2c(COCC3CC3)cncc2C1. The number of nitrogens with zero attached hydrogens (tertiary/aromatic N) is 3. The first kappa shape index (κ1) is 17.0. The van der Waals surface area contributed by atoms with Gasteiger partial charge in [-0.25, -0.2) is 0 Å². The Morgan fingerprint density at radius 1 is 1.27 bits per heavy atom. The number of rotatable bonds is 6. The van der Waals surface area contributed by atoms with E-state index in [1.807, 2.05) is 12.4 Å². The first-order chi connectivity index (χ1) is 12.7. The molecule has 1 aliphatic heterocycles. The highest BCUT2D eigenvalue weighted by molar-refractivity contribution is 5.76. The van der Waals surface area contributed by atoms with Crippen LogP contribution in [0.3, 0.4) is 0 Å². The molecular formula is C20H23N3O3. The van der Waals surface area contributed by atoms with Crippen LogP contribution in [-0.2, 0) is 35.6 Å². The molecule has 1 fully saturated rings. The van der Waals surface area contributed by atoms with Gasteiger partial charge in [0, 0.05) is 44.4 Å². The second-order valence-electron chi connectivity index (χ2n) is 7.13. The summed E-state index contributed by atoms with van der Waals surface area (Å²) in [6, 6.07) is 4.91. The maximum Gasteiger partial charge on any atom is 0.250 e. The number of fused-ring (bicyclic) bond motifs is 1. The number of aromatic nitrogens is 2. The molecule has 136 valence electrons. The number of hydrogen-bond acceptors (Lipinski definition) is 4. The minimum atomic E-state index is -0.157. The van der Waals surface area contributed by atoms with E-state index in [1.165, 1.54) is 29.0 Å². The predicted molar refractivity (Wildman–Crippen MR) is 96.4 cm³/mol. The molecular weight excluding hydrogens is 330 g/mol. The molecule has 3 heterocycles. The van der Waals surface area contributed by atoms with Crippen molar-refractivity contribution in [1.29, 1.82) is 0 Å². The Hall–Kier alpha value is -2.47. The molecule has 1 aliphatic carbocycles. The lowest BCUT2D eigenvalue weighted by Gasteiger charge is -2.30. The number of amides is 1. The zero-order valence-electron chi connectivity index (χ0n) is 14.8. The molecule has 6 nitrogen and oxygen atoms in total. The first-order valence-electron chi connectivity index (χ1n) is 9.16. The monoisotopic (exact) mass is 353 g/mol. The molecule has 1 saturated carbocycles. The van der Waals surface area contributed by atoms with Crippen LogP contribution in [0.2, 0.25) is 0 Å². The number of pyridine rings is 2. The highest BCUT2D eigenvalue weighted by Crippen LogP contribution is 2.29. The minimum absolute atomic E-state index is 0.0423. The van der Waals surface area contributed by atoms with Gasteiger partial charge in [0.2, 0.25) is 5.91 Å². The molecule has 2 aliphatic rings. The fraction of sp³-hybridized carbons (Fsp3) is 0.450. The van der Waals surface area contributed by atoms with Crippen LogP contribution in [0.5, 0.6) is 0 Å². The first-order valence-corrected chi connectivity index (χ1v) is 9.16. The van der Waals surface area contributed by atoms with Crippen molar-refractivity contribution in [3.8, 4) is 0 Å². The van der Waals surface area contributed by atoms with E-state index in [9.17, 15) is 9.59 Å². The Balaban J connectivity index is 1.41. The van der Waals surface area contributed by atoms with Gasteiger partial charge in [-0.15, -0.1) is 0 Å². The van der Waals surface area contributed by atoms with Crippen LogP contribution in [0.25, 0.3) is 0 Å². The number of ether oxygens (including phenoxy) is 1. The molecule has 2 aromatic heterocycles. The van der Waals surface area contributed by atoms with E-state index in [0.29, 0.717) is 19.7 Å². The fourth-order valence-electron chi connectivity index (χ4n) is 3.36. The zero-order valence-corrected chi connectivity index (χ0v) is 14.8. The number of carbonyl (C=O) groups is 1. The summed E-state index contributed by atoms with van der Waals surface area (Å²) in [5.41, 5.74) is 3.32. The van der Waals surface area contributed by atoms with Crippen LogP contribution in [-0.4, -0.2) is 33.5 Å². The third-order valence-corrected chi connectivity index (χ3v) is 5.09. The minimum Gasteiger partial charge on any atom is -0.376 e. The lowest BCUT2D eigenvalue weighted by atomic mass is 9.97. The van der Waals surface area contributed by atoms with Crippen molar-refractivity contribution in [2.45, 2.75) is 39.0 Å². The van der Waals surface area contributed by atoms with Crippen molar-refractivity contribution in [1.82, 2.24) is 14.5 Å². The standard InChI is InChI=1S/C20H23N3O3/c24-19-3-1-2-7-22(19)12-20(25)23-8-6-18-16(11-23)9-21-10-17(18)14-26-13-15-4-5-15/h1-3,7,9-10,15H,4-6,8,11-14H2. The summed E-state index contributed by atoms with van der Waals surface area (Å²) in [6.45, 7) is 2.71. The van der Waals surface area contributed by atoms with Crippen LogP contribution in [0.1, 0.15) is 29.5 Å². The third-order valence-electron chi connectivity index (χ3n) is 5.09. The molecule has 2 aromatic rings. The second-order valence-corrected chi connectivity index (χ2v) is 7.13. The molecule has 0 radical (unpaired) electrons. The Morgan fingerprint density at radius 3 is 2.96 bits per heavy atom. The van der Waals surface area contributed by atoms with E-state index in [0.717, 1.165) is 30.1 Å². The molecule has 0 spiro atoms. The highest BCUT2D eigenvalue weighted by Gasteiger charge is 2.24. The van der Waals surface area contributed by atoms with Crippen molar-refractivity contribution in [2.75, 3.05) is 13.2 Å². The van der Waals surface area contributed by atoms with Crippen molar-refractivity contribution in [2.24, 2.45) is 5.92 Å². The van der Waals surface area contributed by atoms with Crippen LogP contribution in [0.15, 0.2) is 41.6 Å². The Labute approximate surface area is 152 Å². The lowest BCUT2D eigenvalue weighted by molar-refractivity contribution is -0.132. The summed E-state index contributed by atoms with van der Waals surface area (Å²) in [4.78, 5) is 30.5. The molecule has 0 aromatic carbocycles. The van der Waals surface area contributed by atoms with Gasteiger partial charge in [0.25, 0.3) is 5.56 Å². The Kier molecular flexibility index (Phi) is 4.84. The van der Waals surface area contributed by atoms with Gasteiger partial charge in [-0.1, -0.05) is 6.07 Å². The number of carbonyl (C=O) groups excluding carboxylic acids is 1. The van der Waals surface area contributed by atoms with Crippen LogP contribution in [0.4, 0.5) is 0 Å². The van der Waals surface area contributed by atoms with Gasteiger partial charge >= 0.3 is 0 Å². The third kappa shape index (κ3) is 3.85. The quantitative estimate of drug-likeness (QED) is 0.794. The van der Waals surface area contributed by atoms with Gasteiger partial charge in [-0.05, 0) is 47.9 Å². The Morgan fingerprint density at radius 2 is 2.15 bits per heavy atom. The Bertz CT molecular complexity index is 857. The molecule has 6 heteroatoms. The second kappa shape index (κ2) is 7.41. The molecule has 26 heavy (non-hydrogen) atoms. The van der Waals surface area contributed by atoms with E-state index in [-0.39, 0.29) is 18.0 Å². The van der Waals surface area contributed by atoms with E-state index < -0.39 is 0 Å². The van der Waals surface area contributed by atoms with Crippen LogP contribution >= 0.6 is 0 Å². The predicted octanol–water partition coefficient (Wildman–Crippen LogP) is 1.75. The molecule has 0 atom stereocenters. The molecule has 0 bridgehead atoms. The zero-order chi connectivity index (χ0) is 17.9. The molecule has 0 saturated heterocycles. The van der Waals surface area contributed by atoms with Gasteiger partial charge in [0.05, 0.1) is 6.61 Å². The van der Waals surface area contributed by atoms with Crippen LogP contribution < -0.4 is 5.56 Å². The van der Waals surface area contributed by atoms with E-state index in [1.54, 1.807) is 23.2 Å². The van der Waals surface area contributed by atoms with Gasteiger partial charge in [-0.2, -0.15) is 0 Å².